The molecule has 0 atom stereocenters. The Hall–Kier alpha value is -1.27. The second kappa shape index (κ2) is 5.79. The maximum atomic E-state index is 12.0. The van der Waals surface area contributed by atoms with Crippen molar-refractivity contribution < 1.29 is 27.9 Å². The Kier molecular flexibility index (Phi) is 4.81. The number of likely N-dealkylation sites (tertiary alicyclic amines) is 1. The van der Waals surface area contributed by atoms with E-state index in [0.717, 1.165) is 0 Å². The van der Waals surface area contributed by atoms with Gasteiger partial charge in [-0.15, -0.1) is 0 Å². The van der Waals surface area contributed by atoms with Crippen LogP contribution in [0, 0.1) is 5.41 Å². The predicted octanol–water partition coefficient (Wildman–Crippen LogP) is 2.43. The highest BCUT2D eigenvalue weighted by molar-refractivity contribution is 5.78. The first kappa shape index (κ1) is 15.8. The fourth-order valence-corrected chi connectivity index (χ4v) is 2.31. The lowest BCUT2D eigenvalue weighted by Gasteiger charge is -2.38. The molecule has 1 aliphatic rings. The number of carboxylic acid groups (broad SMARTS) is 1. The summed E-state index contributed by atoms with van der Waals surface area (Å²) in [5.74, 6) is -1.44. The normalized spacial score (nSPS) is 19.3. The van der Waals surface area contributed by atoms with Crippen molar-refractivity contribution in [1.29, 1.82) is 0 Å². The van der Waals surface area contributed by atoms with Gasteiger partial charge in [-0.05, 0) is 19.3 Å². The summed E-state index contributed by atoms with van der Waals surface area (Å²) in [4.78, 5) is 24.1. The summed E-state index contributed by atoms with van der Waals surface area (Å²) in [6.45, 7) is 2.21. The van der Waals surface area contributed by atoms with Crippen LogP contribution in [-0.2, 0) is 9.59 Å². The number of amides is 1. The molecule has 0 aromatic rings. The quantitative estimate of drug-likeness (QED) is 0.861. The number of hydrogen-bond acceptors (Lipinski definition) is 2. The van der Waals surface area contributed by atoms with Crippen molar-refractivity contribution >= 4 is 11.9 Å². The number of aliphatic carboxylic acids is 1. The van der Waals surface area contributed by atoms with Gasteiger partial charge in [-0.1, -0.05) is 6.92 Å². The number of rotatable bonds is 4. The number of alkyl halides is 3. The molecule has 0 aromatic heterocycles. The van der Waals surface area contributed by atoms with Gasteiger partial charge in [-0.25, -0.2) is 0 Å². The molecule has 0 spiro atoms. The molecule has 110 valence electrons. The first-order valence-corrected chi connectivity index (χ1v) is 6.28. The van der Waals surface area contributed by atoms with E-state index < -0.39 is 36.3 Å². The van der Waals surface area contributed by atoms with Crippen LogP contribution >= 0.6 is 0 Å². The molecule has 19 heavy (non-hydrogen) atoms. The molecule has 0 aliphatic carbocycles. The molecule has 4 nitrogen and oxygen atoms in total. The Morgan fingerprint density at radius 2 is 1.79 bits per heavy atom. The van der Waals surface area contributed by atoms with Crippen LogP contribution in [0.15, 0.2) is 0 Å². The van der Waals surface area contributed by atoms with Crippen LogP contribution < -0.4 is 0 Å². The van der Waals surface area contributed by atoms with Crippen molar-refractivity contribution in [2.75, 3.05) is 13.1 Å². The van der Waals surface area contributed by atoms with Gasteiger partial charge in [0, 0.05) is 19.5 Å². The molecule has 0 saturated carbocycles. The molecule has 0 bridgehead atoms. The SMILES string of the molecule is CCC1(C(=O)O)CCN(C(=O)CCC(F)(F)F)CC1. The van der Waals surface area contributed by atoms with Gasteiger partial charge in [0.15, 0.2) is 0 Å². The third kappa shape index (κ3) is 4.11. The second-order valence-electron chi connectivity index (χ2n) is 4.94. The minimum Gasteiger partial charge on any atom is -0.481 e. The Morgan fingerprint density at radius 3 is 2.16 bits per heavy atom. The highest BCUT2D eigenvalue weighted by atomic mass is 19.4. The molecule has 1 rings (SSSR count). The van der Waals surface area contributed by atoms with E-state index in [1.54, 1.807) is 6.92 Å². The summed E-state index contributed by atoms with van der Waals surface area (Å²) in [6, 6.07) is 0. The van der Waals surface area contributed by atoms with Crippen molar-refractivity contribution in [3.8, 4) is 0 Å². The molecule has 7 heteroatoms. The minimum absolute atomic E-state index is 0.219. The second-order valence-corrected chi connectivity index (χ2v) is 4.94. The number of hydrogen-bond donors (Lipinski definition) is 1. The lowest BCUT2D eigenvalue weighted by molar-refractivity contribution is -0.157. The Balaban J connectivity index is 2.49. The molecule has 1 fully saturated rings. The van der Waals surface area contributed by atoms with E-state index >= 15 is 0 Å². The summed E-state index contributed by atoms with van der Waals surface area (Å²) in [5.41, 5.74) is -0.833. The van der Waals surface area contributed by atoms with Crippen molar-refractivity contribution in [3.05, 3.63) is 0 Å². The van der Waals surface area contributed by atoms with Crippen LogP contribution in [-0.4, -0.2) is 41.1 Å². The number of carboxylic acids is 1. The minimum atomic E-state index is -4.33. The molecule has 1 amide bonds. The maximum Gasteiger partial charge on any atom is 0.389 e. The van der Waals surface area contributed by atoms with Crippen LogP contribution in [0.1, 0.15) is 39.0 Å². The van der Waals surface area contributed by atoms with Gasteiger partial charge >= 0.3 is 12.1 Å². The number of halogens is 3. The van der Waals surface area contributed by atoms with Crippen LogP contribution in [0.5, 0.6) is 0 Å². The van der Waals surface area contributed by atoms with Crippen molar-refractivity contribution in [3.63, 3.8) is 0 Å². The summed E-state index contributed by atoms with van der Waals surface area (Å²) in [7, 11) is 0. The zero-order valence-electron chi connectivity index (χ0n) is 10.8. The van der Waals surface area contributed by atoms with E-state index in [-0.39, 0.29) is 13.1 Å². The monoisotopic (exact) mass is 281 g/mol. The first-order chi connectivity index (χ1) is 8.70. The highest BCUT2D eigenvalue weighted by Crippen LogP contribution is 2.35. The lowest BCUT2D eigenvalue weighted by atomic mass is 9.76. The fraction of sp³-hybridized carbons (Fsp3) is 0.833. The van der Waals surface area contributed by atoms with E-state index in [1.807, 2.05) is 0 Å². The van der Waals surface area contributed by atoms with Gasteiger partial charge in [-0.2, -0.15) is 13.2 Å². The van der Waals surface area contributed by atoms with Gasteiger partial charge in [0.25, 0.3) is 0 Å². The van der Waals surface area contributed by atoms with Crippen LogP contribution in [0.2, 0.25) is 0 Å². The molecule has 1 heterocycles. The van der Waals surface area contributed by atoms with E-state index in [4.69, 9.17) is 0 Å². The van der Waals surface area contributed by atoms with E-state index in [2.05, 4.69) is 0 Å². The van der Waals surface area contributed by atoms with Crippen LogP contribution in [0.25, 0.3) is 0 Å². The Labute approximate surface area is 109 Å². The zero-order chi connectivity index (χ0) is 14.7. The topological polar surface area (TPSA) is 57.6 Å². The molecule has 1 aliphatic heterocycles. The smallest absolute Gasteiger partial charge is 0.389 e. The summed E-state index contributed by atoms with van der Waals surface area (Å²) < 4.78 is 36.1. The third-order valence-corrected chi connectivity index (χ3v) is 3.83. The number of carbonyl (C=O) groups excluding carboxylic acids is 1. The maximum absolute atomic E-state index is 12.0. The fourth-order valence-electron chi connectivity index (χ4n) is 2.31. The van der Waals surface area contributed by atoms with Gasteiger partial charge in [0.05, 0.1) is 11.8 Å². The number of piperidine rings is 1. The van der Waals surface area contributed by atoms with Crippen molar-refractivity contribution in [1.82, 2.24) is 4.90 Å². The van der Waals surface area contributed by atoms with Crippen LogP contribution in [0.4, 0.5) is 13.2 Å². The predicted molar refractivity (Wildman–Crippen MR) is 61.5 cm³/mol. The van der Waals surface area contributed by atoms with Crippen molar-refractivity contribution in [2.45, 2.75) is 45.2 Å². The molecule has 0 aromatic carbocycles. The molecular formula is C12H18F3NO3. The zero-order valence-corrected chi connectivity index (χ0v) is 10.8. The van der Waals surface area contributed by atoms with Gasteiger partial charge in [-0.3, -0.25) is 9.59 Å². The molecular weight excluding hydrogens is 263 g/mol. The van der Waals surface area contributed by atoms with Gasteiger partial charge in [0.2, 0.25) is 5.91 Å². The van der Waals surface area contributed by atoms with Crippen LogP contribution in [0.3, 0.4) is 0 Å². The first-order valence-electron chi connectivity index (χ1n) is 6.28. The summed E-state index contributed by atoms with van der Waals surface area (Å²) >= 11 is 0. The van der Waals surface area contributed by atoms with E-state index in [1.165, 1.54) is 4.90 Å². The standard InChI is InChI=1S/C12H18F3NO3/c1-2-11(10(18)19)5-7-16(8-6-11)9(17)3-4-12(13,14)15/h2-8H2,1H3,(H,18,19). The third-order valence-electron chi connectivity index (χ3n) is 3.83. The molecule has 0 radical (unpaired) electrons. The molecule has 1 N–H and O–H groups in total. The average Bonchev–Trinajstić information content (AvgIpc) is 2.35. The molecule has 0 unspecified atom stereocenters. The highest BCUT2D eigenvalue weighted by Gasteiger charge is 2.41. The van der Waals surface area contributed by atoms with Crippen molar-refractivity contribution in [2.24, 2.45) is 5.41 Å². The summed E-state index contributed by atoms with van der Waals surface area (Å²) in [6.07, 6.45) is -4.95. The van der Waals surface area contributed by atoms with E-state index in [0.29, 0.717) is 19.3 Å². The average molecular weight is 281 g/mol. The van der Waals surface area contributed by atoms with E-state index in [9.17, 15) is 27.9 Å². The summed E-state index contributed by atoms with van der Waals surface area (Å²) in [5, 5.41) is 9.17. The molecule has 1 saturated heterocycles. The van der Waals surface area contributed by atoms with Gasteiger partial charge < -0.3 is 10.0 Å². The Bertz CT molecular complexity index is 347. The van der Waals surface area contributed by atoms with Gasteiger partial charge in [0.1, 0.15) is 0 Å². The number of nitrogens with zero attached hydrogens (tertiary/aromatic N) is 1. The largest absolute Gasteiger partial charge is 0.481 e. The number of carbonyl (C=O) groups is 2. The Morgan fingerprint density at radius 1 is 1.26 bits per heavy atom. The lowest BCUT2D eigenvalue weighted by Crippen LogP contribution is -2.46.